The molecule has 0 saturated heterocycles. The Morgan fingerprint density at radius 1 is 1.19 bits per heavy atom. The fourth-order valence-corrected chi connectivity index (χ4v) is 4.03. The van der Waals surface area contributed by atoms with Crippen LogP contribution in [-0.2, 0) is 11.2 Å². The first-order chi connectivity index (χ1) is 9.78. The second kappa shape index (κ2) is 7.75. The molecule has 0 fully saturated rings. The quantitative estimate of drug-likeness (QED) is 0.396. The molecule has 0 amide bonds. The van der Waals surface area contributed by atoms with Crippen LogP contribution in [0.15, 0.2) is 30.3 Å². The number of hydrogen-bond acceptors (Lipinski definition) is 1. The lowest BCUT2D eigenvalue weighted by Gasteiger charge is -2.47. The minimum atomic E-state index is 0.0265. The Morgan fingerprint density at radius 3 is 2.19 bits per heavy atom. The maximum absolute atomic E-state index is 12.4. The minimum absolute atomic E-state index is 0.0265. The van der Waals surface area contributed by atoms with E-state index in [1.165, 1.54) is 5.56 Å². The molecule has 0 aromatic heterocycles. The molecule has 0 aliphatic carbocycles. The third kappa shape index (κ3) is 4.30. The Labute approximate surface area is 144 Å². The van der Waals surface area contributed by atoms with Crippen molar-refractivity contribution in [1.29, 1.82) is 0 Å². The topological polar surface area (TPSA) is 17.1 Å². The van der Waals surface area contributed by atoms with Gasteiger partial charge in [0, 0.05) is 9.34 Å². The normalized spacial score (nSPS) is 18.6. The molecule has 0 radical (unpaired) electrons. The van der Waals surface area contributed by atoms with E-state index in [0.717, 1.165) is 25.7 Å². The van der Waals surface area contributed by atoms with Gasteiger partial charge in [0.1, 0.15) is 5.78 Å². The van der Waals surface area contributed by atoms with Gasteiger partial charge in [-0.3, -0.25) is 4.79 Å². The number of hydrogen-bond donors (Lipinski definition) is 0. The summed E-state index contributed by atoms with van der Waals surface area (Å²) in [5, 5.41) is 0. The summed E-state index contributed by atoms with van der Waals surface area (Å²) in [7, 11) is 0. The fourth-order valence-electron chi connectivity index (χ4n) is 3.39. The molecule has 1 aromatic carbocycles. The first-order valence-corrected chi connectivity index (χ1v) is 9.09. The van der Waals surface area contributed by atoms with Gasteiger partial charge < -0.3 is 0 Å². The number of ketones is 1. The molecule has 21 heavy (non-hydrogen) atoms. The monoisotopic (exact) mass is 400 g/mol. The summed E-state index contributed by atoms with van der Waals surface area (Å²) < 4.78 is 0.131. The standard InChI is InChI=1S/C19H29IO/c1-6-13-18(4,19(5,20)7-2)17(15(3)21)14-16-11-9-8-10-12-16/h8-12,17H,6-7,13-14H2,1-5H3/t17-,18?,19?/m0/s1. The molecule has 1 nitrogen and oxygen atoms in total. The third-order valence-electron chi connectivity index (χ3n) is 5.17. The highest BCUT2D eigenvalue weighted by Crippen LogP contribution is 2.51. The summed E-state index contributed by atoms with van der Waals surface area (Å²) in [6.45, 7) is 10.9. The van der Waals surface area contributed by atoms with E-state index in [2.05, 4.69) is 74.6 Å². The molecule has 0 saturated carbocycles. The van der Waals surface area contributed by atoms with E-state index in [1.807, 2.05) is 6.07 Å². The Balaban J connectivity index is 3.18. The molecule has 3 atom stereocenters. The van der Waals surface area contributed by atoms with Crippen LogP contribution in [0.1, 0.15) is 59.4 Å². The highest BCUT2D eigenvalue weighted by Gasteiger charge is 2.47. The van der Waals surface area contributed by atoms with Crippen LogP contribution in [0.4, 0.5) is 0 Å². The number of halogens is 1. The number of Topliss-reactive ketones (excluding diaryl/α,β-unsaturated/α-hetero) is 1. The molecular formula is C19H29IO. The molecule has 0 aliphatic rings. The van der Waals surface area contributed by atoms with Crippen molar-refractivity contribution >= 4 is 28.4 Å². The van der Waals surface area contributed by atoms with Crippen molar-refractivity contribution in [2.45, 2.75) is 63.7 Å². The lowest BCUT2D eigenvalue weighted by atomic mass is 9.62. The van der Waals surface area contributed by atoms with Crippen molar-refractivity contribution in [2.24, 2.45) is 11.3 Å². The lowest BCUT2D eigenvalue weighted by Crippen LogP contribution is -2.47. The third-order valence-corrected chi connectivity index (χ3v) is 7.16. The maximum Gasteiger partial charge on any atom is 0.133 e. The fraction of sp³-hybridized carbons (Fsp3) is 0.632. The maximum atomic E-state index is 12.4. The van der Waals surface area contributed by atoms with E-state index >= 15 is 0 Å². The number of benzene rings is 1. The van der Waals surface area contributed by atoms with E-state index in [0.29, 0.717) is 5.78 Å². The molecule has 2 unspecified atom stereocenters. The van der Waals surface area contributed by atoms with Gasteiger partial charge in [-0.15, -0.1) is 0 Å². The largest absolute Gasteiger partial charge is 0.300 e. The van der Waals surface area contributed by atoms with Gasteiger partial charge in [-0.1, -0.05) is 87.0 Å². The Hall–Kier alpha value is -0.380. The first-order valence-electron chi connectivity index (χ1n) is 8.01. The smallest absolute Gasteiger partial charge is 0.133 e. The summed E-state index contributed by atoms with van der Waals surface area (Å²) in [5.74, 6) is 0.410. The molecule has 0 spiro atoms. The Kier molecular flexibility index (Phi) is 6.89. The van der Waals surface area contributed by atoms with Crippen LogP contribution in [0.25, 0.3) is 0 Å². The Bertz CT molecular complexity index is 452. The van der Waals surface area contributed by atoms with Crippen molar-refractivity contribution in [1.82, 2.24) is 0 Å². The molecule has 0 heterocycles. The van der Waals surface area contributed by atoms with Gasteiger partial charge in [0.25, 0.3) is 0 Å². The van der Waals surface area contributed by atoms with Crippen molar-refractivity contribution in [3.05, 3.63) is 35.9 Å². The SMILES string of the molecule is CCCC(C)([C@@H](Cc1ccccc1)C(C)=O)C(C)(I)CC. The molecule has 2 heteroatoms. The van der Waals surface area contributed by atoms with Crippen LogP contribution >= 0.6 is 22.6 Å². The number of alkyl halides is 1. The predicted octanol–water partition coefficient (Wildman–Crippen LogP) is 5.84. The van der Waals surface area contributed by atoms with Gasteiger partial charge in [0.05, 0.1) is 0 Å². The van der Waals surface area contributed by atoms with Crippen LogP contribution in [0.2, 0.25) is 0 Å². The highest BCUT2D eigenvalue weighted by atomic mass is 127. The molecular weight excluding hydrogens is 371 g/mol. The van der Waals surface area contributed by atoms with Crippen molar-refractivity contribution in [3.63, 3.8) is 0 Å². The van der Waals surface area contributed by atoms with Gasteiger partial charge in [-0.25, -0.2) is 0 Å². The lowest BCUT2D eigenvalue weighted by molar-refractivity contribution is -0.125. The highest BCUT2D eigenvalue weighted by molar-refractivity contribution is 14.1. The van der Waals surface area contributed by atoms with Gasteiger partial charge in [-0.2, -0.15) is 0 Å². The zero-order valence-electron chi connectivity index (χ0n) is 14.1. The zero-order chi connectivity index (χ0) is 16.1. The summed E-state index contributed by atoms with van der Waals surface area (Å²) in [6.07, 6.45) is 4.15. The van der Waals surface area contributed by atoms with E-state index < -0.39 is 0 Å². The average molecular weight is 400 g/mol. The van der Waals surface area contributed by atoms with Gasteiger partial charge in [-0.05, 0) is 37.2 Å². The number of carbonyl (C=O) groups excluding carboxylic acids is 1. The molecule has 118 valence electrons. The van der Waals surface area contributed by atoms with E-state index in [4.69, 9.17) is 0 Å². The summed E-state index contributed by atoms with van der Waals surface area (Å²) in [5.41, 5.74) is 1.29. The van der Waals surface area contributed by atoms with Crippen LogP contribution < -0.4 is 0 Å². The zero-order valence-corrected chi connectivity index (χ0v) is 16.2. The van der Waals surface area contributed by atoms with Crippen molar-refractivity contribution < 1.29 is 4.79 Å². The second-order valence-corrected chi connectivity index (χ2v) is 8.95. The predicted molar refractivity (Wildman–Crippen MR) is 100 cm³/mol. The molecule has 0 bridgehead atoms. The summed E-state index contributed by atoms with van der Waals surface area (Å²) >= 11 is 2.58. The van der Waals surface area contributed by atoms with Crippen LogP contribution in [0.3, 0.4) is 0 Å². The van der Waals surface area contributed by atoms with Crippen LogP contribution in [0, 0.1) is 11.3 Å². The van der Waals surface area contributed by atoms with E-state index in [1.54, 1.807) is 6.92 Å². The van der Waals surface area contributed by atoms with Gasteiger partial charge >= 0.3 is 0 Å². The van der Waals surface area contributed by atoms with Crippen molar-refractivity contribution in [3.8, 4) is 0 Å². The van der Waals surface area contributed by atoms with Gasteiger partial charge in [0.2, 0.25) is 0 Å². The molecule has 1 rings (SSSR count). The number of rotatable bonds is 8. The Morgan fingerprint density at radius 2 is 1.76 bits per heavy atom. The van der Waals surface area contributed by atoms with Crippen LogP contribution in [0.5, 0.6) is 0 Å². The molecule has 0 aliphatic heterocycles. The summed E-state index contributed by atoms with van der Waals surface area (Å²) in [6, 6.07) is 10.4. The van der Waals surface area contributed by atoms with Crippen molar-refractivity contribution in [2.75, 3.05) is 0 Å². The van der Waals surface area contributed by atoms with Gasteiger partial charge in [0.15, 0.2) is 0 Å². The second-order valence-electron chi connectivity index (χ2n) is 6.57. The number of carbonyl (C=O) groups is 1. The minimum Gasteiger partial charge on any atom is -0.300 e. The summed E-state index contributed by atoms with van der Waals surface area (Å²) in [4.78, 5) is 12.4. The van der Waals surface area contributed by atoms with E-state index in [-0.39, 0.29) is 14.8 Å². The average Bonchev–Trinajstić information content (AvgIpc) is 2.45. The van der Waals surface area contributed by atoms with E-state index in [9.17, 15) is 4.79 Å². The van der Waals surface area contributed by atoms with Crippen LogP contribution in [-0.4, -0.2) is 9.20 Å². The first kappa shape index (κ1) is 18.7. The molecule has 0 N–H and O–H groups in total. The molecule has 1 aromatic rings.